The van der Waals surface area contributed by atoms with Crippen LogP contribution in [0.1, 0.15) is 50.8 Å². The summed E-state index contributed by atoms with van der Waals surface area (Å²) < 4.78 is 0. The molecule has 0 aromatic heterocycles. The Kier molecular flexibility index (Phi) is 4.24. The summed E-state index contributed by atoms with van der Waals surface area (Å²) >= 11 is 6.07. The molecule has 0 radical (unpaired) electrons. The Bertz CT molecular complexity index is 451. The van der Waals surface area contributed by atoms with E-state index in [4.69, 9.17) is 17.3 Å². The zero-order valence-corrected chi connectivity index (χ0v) is 13.2. The molecular formula is C16H25ClN2. The van der Waals surface area contributed by atoms with Crippen molar-refractivity contribution in [2.45, 2.75) is 58.2 Å². The number of hydrogen-bond donors (Lipinski definition) is 1. The fourth-order valence-corrected chi connectivity index (χ4v) is 3.37. The van der Waals surface area contributed by atoms with Crippen LogP contribution in [-0.4, -0.2) is 23.0 Å². The summed E-state index contributed by atoms with van der Waals surface area (Å²) in [5.41, 5.74) is 9.13. The van der Waals surface area contributed by atoms with Crippen LogP contribution in [0, 0.1) is 6.92 Å². The molecule has 1 fully saturated rings. The van der Waals surface area contributed by atoms with Crippen molar-refractivity contribution < 1.29 is 0 Å². The van der Waals surface area contributed by atoms with Crippen molar-refractivity contribution in [2.24, 2.45) is 5.73 Å². The molecule has 1 saturated heterocycles. The summed E-state index contributed by atoms with van der Waals surface area (Å²) in [6.07, 6.45) is 2.28. The second-order valence-electron chi connectivity index (χ2n) is 6.62. The van der Waals surface area contributed by atoms with E-state index in [0.717, 1.165) is 18.0 Å². The number of hydrogen-bond acceptors (Lipinski definition) is 2. The third kappa shape index (κ3) is 3.13. The van der Waals surface area contributed by atoms with Crippen LogP contribution >= 0.6 is 11.6 Å². The smallest absolute Gasteiger partial charge is 0.0506 e. The molecule has 2 unspecified atom stereocenters. The highest BCUT2D eigenvalue weighted by Gasteiger charge is 2.36. The topological polar surface area (TPSA) is 29.3 Å². The van der Waals surface area contributed by atoms with Crippen molar-refractivity contribution in [1.29, 1.82) is 0 Å². The van der Waals surface area contributed by atoms with Gasteiger partial charge in [0.25, 0.3) is 0 Å². The summed E-state index contributed by atoms with van der Waals surface area (Å²) in [6, 6.07) is 6.66. The van der Waals surface area contributed by atoms with Gasteiger partial charge in [-0.25, -0.2) is 0 Å². The van der Waals surface area contributed by atoms with Crippen molar-refractivity contribution in [3.63, 3.8) is 0 Å². The third-order valence-corrected chi connectivity index (χ3v) is 4.33. The first kappa shape index (κ1) is 14.8. The lowest BCUT2D eigenvalue weighted by atomic mass is 9.85. The molecule has 0 amide bonds. The van der Waals surface area contributed by atoms with E-state index in [-0.39, 0.29) is 11.6 Å². The van der Waals surface area contributed by atoms with Gasteiger partial charge in [0.15, 0.2) is 0 Å². The molecule has 1 aromatic rings. The van der Waals surface area contributed by atoms with Gasteiger partial charge in [-0.1, -0.05) is 17.7 Å². The van der Waals surface area contributed by atoms with Crippen LogP contribution in [0.15, 0.2) is 18.2 Å². The van der Waals surface area contributed by atoms with Crippen LogP contribution in [0.4, 0.5) is 0 Å². The number of nitrogens with two attached hydrogens (primary N) is 1. The molecule has 2 rings (SSSR count). The average Bonchev–Trinajstić information content (AvgIpc) is 2.28. The van der Waals surface area contributed by atoms with Gasteiger partial charge in [0, 0.05) is 16.6 Å². The predicted molar refractivity (Wildman–Crippen MR) is 82.6 cm³/mol. The molecule has 0 spiro atoms. The summed E-state index contributed by atoms with van der Waals surface area (Å²) in [5.74, 6) is 0. The monoisotopic (exact) mass is 280 g/mol. The molecule has 1 aliphatic rings. The Morgan fingerprint density at radius 2 is 2.00 bits per heavy atom. The molecule has 2 N–H and O–H groups in total. The standard InChI is InChI=1S/C16H25ClN2/c1-11-10-12(17)7-8-13(11)15-14(18)6-5-9-19(15)16(2,3)4/h7-8,10,14-15H,5-6,9,18H2,1-4H3. The summed E-state index contributed by atoms with van der Waals surface area (Å²) in [5, 5.41) is 0.799. The van der Waals surface area contributed by atoms with Crippen LogP contribution in [0.5, 0.6) is 0 Å². The van der Waals surface area contributed by atoms with Gasteiger partial charge in [0.05, 0.1) is 6.04 Å². The fraction of sp³-hybridized carbons (Fsp3) is 0.625. The fourth-order valence-electron chi connectivity index (χ4n) is 3.15. The number of piperidine rings is 1. The molecule has 19 heavy (non-hydrogen) atoms. The van der Waals surface area contributed by atoms with E-state index < -0.39 is 0 Å². The van der Waals surface area contributed by atoms with E-state index in [2.05, 4.69) is 38.7 Å². The maximum Gasteiger partial charge on any atom is 0.0506 e. The molecule has 106 valence electrons. The molecular weight excluding hydrogens is 256 g/mol. The highest BCUT2D eigenvalue weighted by Crippen LogP contribution is 2.37. The minimum Gasteiger partial charge on any atom is -0.326 e. The van der Waals surface area contributed by atoms with Gasteiger partial charge < -0.3 is 5.73 Å². The quantitative estimate of drug-likeness (QED) is 0.845. The summed E-state index contributed by atoms with van der Waals surface area (Å²) in [7, 11) is 0. The minimum absolute atomic E-state index is 0.134. The Labute approximate surface area is 121 Å². The van der Waals surface area contributed by atoms with Crippen molar-refractivity contribution in [3.05, 3.63) is 34.3 Å². The zero-order chi connectivity index (χ0) is 14.2. The highest BCUT2D eigenvalue weighted by molar-refractivity contribution is 6.30. The van der Waals surface area contributed by atoms with Gasteiger partial charge in [0.1, 0.15) is 0 Å². The normalized spacial score (nSPS) is 25.6. The molecule has 2 atom stereocenters. The van der Waals surface area contributed by atoms with E-state index in [1.165, 1.54) is 17.5 Å². The number of benzene rings is 1. The number of aryl methyl sites for hydroxylation is 1. The van der Waals surface area contributed by atoms with Crippen molar-refractivity contribution >= 4 is 11.6 Å². The zero-order valence-electron chi connectivity index (χ0n) is 12.4. The van der Waals surface area contributed by atoms with E-state index >= 15 is 0 Å². The lowest BCUT2D eigenvalue weighted by Crippen LogP contribution is -2.53. The van der Waals surface area contributed by atoms with Gasteiger partial charge in [-0.2, -0.15) is 0 Å². The molecule has 0 bridgehead atoms. The Hall–Kier alpha value is -0.570. The highest BCUT2D eigenvalue weighted by atomic mass is 35.5. The second-order valence-corrected chi connectivity index (χ2v) is 7.05. The van der Waals surface area contributed by atoms with Crippen LogP contribution in [0.3, 0.4) is 0 Å². The summed E-state index contributed by atoms with van der Waals surface area (Å²) in [6.45, 7) is 10.0. The van der Waals surface area contributed by atoms with Gasteiger partial charge >= 0.3 is 0 Å². The van der Waals surface area contributed by atoms with Gasteiger partial charge in [-0.05, 0) is 70.3 Å². The van der Waals surface area contributed by atoms with Crippen molar-refractivity contribution in [1.82, 2.24) is 4.90 Å². The second kappa shape index (κ2) is 5.43. The maximum absolute atomic E-state index is 6.43. The molecule has 0 aliphatic carbocycles. The Morgan fingerprint density at radius 3 is 2.58 bits per heavy atom. The molecule has 3 heteroatoms. The lowest BCUT2D eigenvalue weighted by Gasteiger charge is -2.48. The predicted octanol–water partition coefficient (Wildman–Crippen LogP) is 3.91. The molecule has 2 nitrogen and oxygen atoms in total. The van der Waals surface area contributed by atoms with Gasteiger partial charge in [0.2, 0.25) is 0 Å². The third-order valence-electron chi connectivity index (χ3n) is 4.09. The Balaban J connectivity index is 2.42. The number of halogens is 1. The molecule has 1 aromatic carbocycles. The maximum atomic E-state index is 6.43. The average molecular weight is 281 g/mol. The molecule has 1 aliphatic heterocycles. The number of rotatable bonds is 1. The van der Waals surface area contributed by atoms with Crippen molar-refractivity contribution in [3.8, 4) is 0 Å². The first-order chi connectivity index (χ1) is 8.80. The lowest BCUT2D eigenvalue weighted by molar-refractivity contribution is 0.0381. The SMILES string of the molecule is Cc1cc(Cl)ccc1C1C(N)CCCN1C(C)(C)C. The van der Waals surface area contributed by atoms with Crippen molar-refractivity contribution in [2.75, 3.05) is 6.54 Å². The molecule has 1 heterocycles. The van der Waals surface area contributed by atoms with Crippen LogP contribution < -0.4 is 5.73 Å². The van der Waals surface area contributed by atoms with Crippen LogP contribution in [0.2, 0.25) is 5.02 Å². The summed E-state index contributed by atoms with van der Waals surface area (Å²) in [4.78, 5) is 2.54. The van der Waals surface area contributed by atoms with E-state index in [0.29, 0.717) is 6.04 Å². The minimum atomic E-state index is 0.134. The van der Waals surface area contributed by atoms with Gasteiger partial charge in [-0.15, -0.1) is 0 Å². The first-order valence-corrected chi connectivity index (χ1v) is 7.47. The van der Waals surface area contributed by atoms with Gasteiger partial charge in [-0.3, -0.25) is 4.90 Å². The van der Waals surface area contributed by atoms with E-state index in [1.807, 2.05) is 12.1 Å². The largest absolute Gasteiger partial charge is 0.326 e. The number of likely N-dealkylation sites (tertiary alicyclic amines) is 1. The van der Waals surface area contributed by atoms with E-state index in [1.54, 1.807) is 0 Å². The van der Waals surface area contributed by atoms with Crippen LogP contribution in [0.25, 0.3) is 0 Å². The van der Waals surface area contributed by atoms with Crippen LogP contribution in [-0.2, 0) is 0 Å². The Morgan fingerprint density at radius 1 is 1.32 bits per heavy atom. The number of nitrogens with zero attached hydrogens (tertiary/aromatic N) is 1. The van der Waals surface area contributed by atoms with E-state index in [9.17, 15) is 0 Å². The first-order valence-electron chi connectivity index (χ1n) is 7.09. The molecule has 0 saturated carbocycles.